The first kappa shape index (κ1) is 14.1. The van der Waals surface area contributed by atoms with Crippen molar-refractivity contribution in [1.82, 2.24) is 4.98 Å². The van der Waals surface area contributed by atoms with Crippen LogP contribution in [0.5, 0.6) is 0 Å². The predicted molar refractivity (Wildman–Crippen MR) is 89.6 cm³/mol. The van der Waals surface area contributed by atoms with Crippen LogP contribution in [0.3, 0.4) is 0 Å². The minimum Gasteiger partial charge on any atom is -0.461 e. The molecule has 22 heavy (non-hydrogen) atoms. The van der Waals surface area contributed by atoms with Crippen molar-refractivity contribution in [1.29, 1.82) is 0 Å². The van der Waals surface area contributed by atoms with Gasteiger partial charge in [0.2, 0.25) is 0 Å². The second kappa shape index (κ2) is 6.31. The molecule has 1 aromatic heterocycles. The fourth-order valence-corrected chi connectivity index (χ4v) is 2.44. The van der Waals surface area contributed by atoms with Crippen molar-refractivity contribution in [2.45, 2.75) is 6.92 Å². The Hall–Kier alpha value is -2.81. The third-order valence-electron chi connectivity index (χ3n) is 3.47. The van der Waals surface area contributed by atoms with E-state index in [1.54, 1.807) is 6.92 Å². The van der Waals surface area contributed by atoms with Crippen LogP contribution in [0.15, 0.2) is 54.6 Å². The Balaban J connectivity index is 2.07. The number of H-pyrrole nitrogens is 1. The highest BCUT2D eigenvalue weighted by atomic mass is 16.5. The van der Waals surface area contributed by atoms with E-state index < -0.39 is 0 Å². The van der Waals surface area contributed by atoms with Crippen LogP contribution < -0.4 is 0 Å². The molecule has 0 aliphatic rings. The largest absolute Gasteiger partial charge is 0.461 e. The third kappa shape index (κ3) is 2.79. The summed E-state index contributed by atoms with van der Waals surface area (Å²) < 4.78 is 5.15. The average molecular weight is 291 g/mol. The van der Waals surface area contributed by atoms with Gasteiger partial charge in [0, 0.05) is 16.5 Å². The average Bonchev–Trinajstić information content (AvgIpc) is 2.93. The van der Waals surface area contributed by atoms with Crippen LogP contribution in [0.4, 0.5) is 0 Å². The van der Waals surface area contributed by atoms with E-state index in [2.05, 4.69) is 4.98 Å². The lowest BCUT2D eigenvalue weighted by molar-refractivity contribution is 0.0520. The topological polar surface area (TPSA) is 42.1 Å². The molecule has 0 amide bonds. The van der Waals surface area contributed by atoms with Crippen molar-refractivity contribution in [3.05, 3.63) is 71.4 Å². The van der Waals surface area contributed by atoms with Gasteiger partial charge in [-0.05, 0) is 18.6 Å². The molecule has 0 radical (unpaired) electrons. The Labute approximate surface area is 129 Å². The first-order valence-electron chi connectivity index (χ1n) is 7.30. The molecule has 110 valence electrons. The molecule has 2 aromatic carbocycles. The van der Waals surface area contributed by atoms with Gasteiger partial charge in [-0.15, -0.1) is 0 Å². The van der Waals surface area contributed by atoms with Crippen LogP contribution in [-0.2, 0) is 4.74 Å². The molecule has 0 unspecified atom stereocenters. The molecule has 0 saturated carbocycles. The summed E-state index contributed by atoms with van der Waals surface area (Å²) in [5, 5.41) is 1.01. The van der Waals surface area contributed by atoms with E-state index in [1.807, 2.05) is 66.7 Å². The van der Waals surface area contributed by atoms with E-state index in [-0.39, 0.29) is 5.97 Å². The third-order valence-corrected chi connectivity index (χ3v) is 3.47. The molecule has 0 aliphatic heterocycles. The number of carbonyl (C=O) groups excluding carboxylic acids is 1. The smallest absolute Gasteiger partial charge is 0.355 e. The van der Waals surface area contributed by atoms with Crippen molar-refractivity contribution in [3.63, 3.8) is 0 Å². The Morgan fingerprint density at radius 3 is 2.55 bits per heavy atom. The van der Waals surface area contributed by atoms with Crippen molar-refractivity contribution >= 4 is 29.0 Å². The number of aromatic amines is 1. The summed E-state index contributed by atoms with van der Waals surface area (Å²) >= 11 is 0. The number of carbonyl (C=O) groups is 1. The Bertz CT molecular complexity index is 816. The van der Waals surface area contributed by atoms with Gasteiger partial charge in [0.1, 0.15) is 5.69 Å². The van der Waals surface area contributed by atoms with Crippen LogP contribution in [0.2, 0.25) is 0 Å². The molecule has 3 aromatic rings. The summed E-state index contributed by atoms with van der Waals surface area (Å²) in [6.45, 7) is 2.16. The van der Waals surface area contributed by atoms with Gasteiger partial charge in [-0.1, -0.05) is 60.7 Å². The second-order valence-electron chi connectivity index (χ2n) is 4.92. The molecule has 0 bridgehead atoms. The van der Waals surface area contributed by atoms with Gasteiger partial charge in [0.25, 0.3) is 0 Å². The number of hydrogen-bond donors (Lipinski definition) is 1. The number of para-hydroxylation sites is 1. The number of ether oxygens (including phenoxy) is 1. The number of rotatable bonds is 4. The van der Waals surface area contributed by atoms with Gasteiger partial charge < -0.3 is 9.72 Å². The van der Waals surface area contributed by atoms with Crippen molar-refractivity contribution in [2.24, 2.45) is 0 Å². The molecule has 3 rings (SSSR count). The fraction of sp³-hybridized carbons (Fsp3) is 0.105. The summed E-state index contributed by atoms with van der Waals surface area (Å²) in [5.74, 6) is -0.327. The molecular weight excluding hydrogens is 274 g/mol. The highest BCUT2D eigenvalue weighted by Crippen LogP contribution is 2.25. The molecule has 0 atom stereocenters. The van der Waals surface area contributed by atoms with Crippen molar-refractivity contribution in [2.75, 3.05) is 6.61 Å². The number of nitrogens with one attached hydrogen (secondary N) is 1. The summed E-state index contributed by atoms with van der Waals surface area (Å²) in [4.78, 5) is 15.3. The number of hydrogen-bond acceptors (Lipinski definition) is 2. The van der Waals surface area contributed by atoms with Crippen LogP contribution in [0.25, 0.3) is 23.1 Å². The van der Waals surface area contributed by atoms with E-state index in [1.165, 1.54) is 0 Å². The van der Waals surface area contributed by atoms with Gasteiger partial charge in [0.15, 0.2) is 0 Å². The molecule has 3 nitrogen and oxygen atoms in total. The summed E-state index contributed by atoms with van der Waals surface area (Å²) in [6, 6.07) is 17.9. The molecular formula is C19H17NO2. The maximum atomic E-state index is 12.2. The van der Waals surface area contributed by atoms with E-state index in [0.29, 0.717) is 12.3 Å². The number of fused-ring (bicyclic) bond motifs is 1. The second-order valence-corrected chi connectivity index (χ2v) is 4.92. The first-order chi connectivity index (χ1) is 10.8. The quantitative estimate of drug-likeness (QED) is 0.718. The van der Waals surface area contributed by atoms with Crippen LogP contribution >= 0.6 is 0 Å². The number of benzene rings is 2. The lowest BCUT2D eigenvalue weighted by Gasteiger charge is -2.01. The Kier molecular flexibility index (Phi) is 4.05. The first-order valence-corrected chi connectivity index (χ1v) is 7.30. The van der Waals surface area contributed by atoms with Crippen molar-refractivity contribution in [3.8, 4) is 0 Å². The highest BCUT2D eigenvalue weighted by molar-refractivity contribution is 6.03. The zero-order valence-electron chi connectivity index (χ0n) is 12.4. The zero-order valence-corrected chi connectivity index (χ0v) is 12.4. The summed E-state index contributed by atoms with van der Waals surface area (Å²) in [7, 11) is 0. The maximum absolute atomic E-state index is 12.2. The van der Waals surface area contributed by atoms with Crippen LogP contribution in [-0.4, -0.2) is 17.6 Å². The van der Waals surface area contributed by atoms with Gasteiger partial charge in [-0.3, -0.25) is 0 Å². The lowest BCUT2D eigenvalue weighted by atomic mass is 10.1. The maximum Gasteiger partial charge on any atom is 0.355 e. The van der Waals surface area contributed by atoms with Crippen molar-refractivity contribution < 1.29 is 9.53 Å². The monoisotopic (exact) mass is 291 g/mol. The van der Waals surface area contributed by atoms with E-state index in [0.717, 1.165) is 22.0 Å². The van der Waals surface area contributed by atoms with Gasteiger partial charge in [-0.2, -0.15) is 0 Å². The molecule has 3 heteroatoms. The molecule has 0 spiro atoms. The Morgan fingerprint density at radius 2 is 1.77 bits per heavy atom. The highest BCUT2D eigenvalue weighted by Gasteiger charge is 2.16. The van der Waals surface area contributed by atoms with E-state index in [9.17, 15) is 4.79 Å². The van der Waals surface area contributed by atoms with E-state index in [4.69, 9.17) is 4.74 Å². The molecule has 0 aliphatic carbocycles. The Morgan fingerprint density at radius 1 is 1.05 bits per heavy atom. The summed E-state index contributed by atoms with van der Waals surface area (Å²) in [5.41, 5.74) is 3.37. The predicted octanol–water partition coefficient (Wildman–Crippen LogP) is 4.52. The van der Waals surface area contributed by atoms with Gasteiger partial charge in [0.05, 0.1) is 6.61 Å². The zero-order chi connectivity index (χ0) is 15.4. The van der Waals surface area contributed by atoms with Gasteiger partial charge >= 0.3 is 5.97 Å². The number of aromatic nitrogens is 1. The standard InChI is InChI=1S/C19H17NO2/c1-2-22-19(21)18-16(13-12-14-8-4-3-5-9-14)15-10-6-7-11-17(15)20-18/h3-13,20H,2H2,1H3/b13-12+. The minimum absolute atomic E-state index is 0.327. The van der Waals surface area contributed by atoms with Gasteiger partial charge in [-0.25, -0.2) is 4.79 Å². The molecule has 1 heterocycles. The molecule has 0 fully saturated rings. The molecule has 1 N–H and O–H groups in total. The SMILES string of the molecule is CCOC(=O)c1[nH]c2ccccc2c1/C=C/c1ccccc1. The van der Waals surface area contributed by atoms with Crippen LogP contribution in [0.1, 0.15) is 28.5 Å². The normalized spacial score (nSPS) is 11.1. The minimum atomic E-state index is -0.327. The fourth-order valence-electron chi connectivity index (χ4n) is 2.44. The van der Waals surface area contributed by atoms with E-state index >= 15 is 0 Å². The van der Waals surface area contributed by atoms with Crippen LogP contribution in [0, 0.1) is 0 Å². The number of esters is 1. The lowest BCUT2D eigenvalue weighted by Crippen LogP contribution is -2.06. The summed E-state index contributed by atoms with van der Waals surface area (Å²) in [6.07, 6.45) is 3.96. The molecule has 0 saturated heterocycles.